The van der Waals surface area contributed by atoms with E-state index in [0.29, 0.717) is 6.61 Å². The molecule has 1 atom stereocenters. The van der Waals surface area contributed by atoms with E-state index in [-0.39, 0.29) is 18.4 Å². The molecule has 0 radical (unpaired) electrons. The molecule has 0 aliphatic heterocycles. The highest BCUT2D eigenvalue weighted by Crippen LogP contribution is 2.35. The van der Waals surface area contributed by atoms with Gasteiger partial charge in [-0.2, -0.15) is 0 Å². The highest BCUT2D eigenvalue weighted by molar-refractivity contribution is 9.13. The zero-order valence-electron chi connectivity index (χ0n) is 8.13. The maximum atomic E-state index is 11.2. The number of esters is 1. The second kappa shape index (κ2) is 5.98. The number of nitrogens with two attached hydrogens (primary N) is 1. The molecule has 0 bridgehead atoms. The summed E-state index contributed by atoms with van der Waals surface area (Å²) in [7, 11) is 0. The molecular formula is C9H11Br2NO2S. The van der Waals surface area contributed by atoms with Crippen LogP contribution in [0.1, 0.15) is 24.3 Å². The minimum atomic E-state index is -0.295. The van der Waals surface area contributed by atoms with Crippen molar-refractivity contribution in [3.63, 3.8) is 0 Å². The topological polar surface area (TPSA) is 52.3 Å². The van der Waals surface area contributed by atoms with Gasteiger partial charge >= 0.3 is 5.97 Å². The van der Waals surface area contributed by atoms with Gasteiger partial charge in [-0.05, 0) is 44.8 Å². The van der Waals surface area contributed by atoms with Crippen LogP contribution in [0.4, 0.5) is 0 Å². The van der Waals surface area contributed by atoms with Gasteiger partial charge in [-0.15, -0.1) is 11.3 Å². The van der Waals surface area contributed by atoms with Crippen molar-refractivity contribution in [3.8, 4) is 0 Å². The summed E-state index contributed by atoms with van der Waals surface area (Å²) >= 11 is 8.27. The Bertz CT molecular complexity index is 334. The SMILES string of the molecule is CCOC(=O)CC(N)c1cc(Br)c(Br)s1. The van der Waals surface area contributed by atoms with Crippen molar-refractivity contribution in [1.82, 2.24) is 0 Å². The fraction of sp³-hybridized carbons (Fsp3) is 0.444. The summed E-state index contributed by atoms with van der Waals surface area (Å²) in [4.78, 5) is 12.2. The van der Waals surface area contributed by atoms with Crippen LogP contribution in [0.3, 0.4) is 0 Å². The third kappa shape index (κ3) is 3.86. The summed E-state index contributed by atoms with van der Waals surface area (Å²) in [6.07, 6.45) is 0.216. The zero-order valence-corrected chi connectivity index (χ0v) is 12.1. The molecule has 1 rings (SSSR count). The average Bonchev–Trinajstić information content (AvgIpc) is 2.47. The lowest BCUT2D eigenvalue weighted by molar-refractivity contribution is -0.143. The van der Waals surface area contributed by atoms with Crippen molar-refractivity contribution in [3.05, 3.63) is 19.2 Å². The standard InChI is InChI=1S/C9H11Br2NO2S/c1-2-14-8(13)4-6(12)7-3-5(10)9(11)15-7/h3,6H,2,4,12H2,1H3. The number of ether oxygens (including phenoxy) is 1. The van der Waals surface area contributed by atoms with Crippen LogP contribution in [-0.2, 0) is 9.53 Å². The summed E-state index contributed by atoms with van der Waals surface area (Å²) < 4.78 is 6.78. The van der Waals surface area contributed by atoms with E-state index in [1.807, 2.05) is 6.07 Å². The lowest BCUT2D eigenvalue weighted by atomic mass is 10.2. The van der Waals surface area contributed by atoms with E-state index < -0.39 is 0 Å². The van der Waals surface area contributed by atoms with Crippen LogP contribution >= 0.6 is 43.2 Å². The number of thiophene rings is 1. The largest absolute Gasteiger partial charge is 0.466 e. The smallest absolute Gasteiger partial charge is 0.307 e. The minimum Gasteiger partial charge on any atom is -0.466 e. The molecule has 1 aromatic heterocycles. The summed E-state index contributed by atoms with van der Waals surface area (Å²) in [5, 5.41) is 0. The van der Waals surface area contributed by atoms with E-state index in [2.05, 4.69) is 31.9 Å². The van der Waals surface area contributed by atoms with Crippen LogP contribution in [-0.4, -0.2) is 12.6 Å². The molecule has 0 aliphatic rings. The normalized spacial score (nSPS) is 12.5. The van der Waals surface area contributed by atoms with Gasteiger partial charge in [0.15, 0.2) is 0 Å². The number of carbonyl (C=O) groups is 1. The van der Waals surface area contributed by atoms with Crippen molar-refractivity contribution in [1.29, 1.82) is 0 Å². The quantitative estimate of drug-likeness (QED) is 0.842. The molecule has 0 aliphatic carbocycles. The van der Waals surface area contributed by atoms with Crippen molar-refractivity contribution in [2.45, 2.75) is 19.4 Å². The van der Waals surface area contributed by atoms with Crippen LogP contribution in [0.2, 0.25) is 0 Å². The number of hydrogen-bond acceptors (Lipinski definition) is 4. The number of halogens is 2. The lowest BCUT2D eigenvalue weighted by Gasteiger charge is -2.07. The molecule has 0 spiro atoms. The van der Waals surface area contributed by atoms with E-state index >= 15 is 0 Å². The molecule has 0 amide bonds. The van der Waals surface area contributed by atoms with Crippen molar-refractivity contribution >= 4 is 49.2 Å². The molecule has 1 unspecified atom stereocenters. The van der Waals surface area contributed by atoms with Crippen molar-refractivity contribution < 1.29 is 9.53 Å². The lowest BCUT2D eigenvalue weighted by Crippen LogP contribution is -2.16. The van der Waals surface area contributed by atoms with E-state index in [1.165, 1.54) is 11.3 Å². The van der Waals surface area contributed by atoms with Gasteiger partial charge in [-0.25, -0.2) is 0 Å². The number of hydrogen-bond donors (Lipinski definition) is 1. The Morgan fingerprint density at radius 2 is 2.33 bits per heavy atom. The first kappa shape index (κ1) is 13.2. The van der Waals surface area contributed by atoms with E-state index in [1.54, 1.807) is 6.92 Å². The Labute approximate surface area is 109 Å². The van der Waals surface area contributed by atoms with Gasteiger partial charge < -0.3 is 10.5 Å². The molecule has 0 saturated heterocycles. The van der Waals surface area contributed by atoms with Gasteiger partial charge in [-0.3, -0.25) is 4.79 Å². The molecule has 2 N–H and O–H groups in total. The van der Waals surface area contributed by atoms with Gasteiger partial charge in [-0.1, -0.05) is 0 Å². The van der Waals surface area contributed by atoms with E-state index in [0.717, 1.165) is 13.1 Å². The molecular weight excluding hydrogens is 346 g/mol. The fourth-order valence-electron chi connectivity index (χ4n) is 1.05. The molecule has 3 nitrogen and oxygen atoms in total. The molecule has 15 heavy (non-hydrogen) atoms. The Morgan fingerprint density at radius 1 is 1.67 bits per heavy atom. The maximum Gasteiger partial charge on any atom is 0.307 e. The molecule has 0 fully saturated rings. The summed E-state index contributed by atoms with van der Waals surface area (Å²) in [5.41, 5.74) is 5.88. The number of rotatable bonds is 4. The first-order valence-corrected chi connectivity index (χ1v) is 6.80. The predicted octanol–water partition coefficient (Wildman–Crippen LogP) is 3.23. The maximum absolute atomic E-state index is 11.2. The molecule has 84 valence electrons. The monoisotopic (exact) mass is 355 g/mol. The molecule has 0 saturated carbocycles. The fourth-order valence-corrected chi connectivity index (χ4v) is 3.14. The Kier molecular flexibility index (Phi) is 5.25. The highest BCUT2D eigenvalue weighted by Gasteiger charge is 2.15. The first-order valence-electron chi connectivity index (χ1n) is 4.40. The molecule has 1 aromatic rings. The van der Waals surface area contributed by atoms with Crippen LogP contribution in [0.5, 0.6) is 0 Å². The summed E-state index contributed by atoms with van der Waals surface area (Å²) in [6, 6.07) is 1.62. The summed E-state index contributed by atoms with van der Waals surface area (Å²) in [5.74, 6) is -0.259. The van der Waals surface area contributed by atoms with Gasteiger partial charge in [0.1, 0.15) is 0 Å². The van der Waals surface area contributed by atoms with E-state index in [4.69, 9.17) is 10.5 Å². The minimum absolute atomic E-state index is 0.216. The second-order valence-corrected chi connectivity index (χ2v) is 6.14. The van der Waals surface area contributed by atoms with Crippen LogP contribution in [0, 0.1) is 0 Å². The van der Waals surface area contributed by atoms with Crippen LogP contribution in [0.15, 0.2) is 14.3 Å². The molecule has 6 heteroatoms. The number of carbonyl (C=O) groups excluding carboxylic acids is 1. The van der Waals surface area contributed by atoms with Gasteiger partial charge in [0.05, 0.1) is 16.8 Å². The summed E-state index contributed by atoms with van der Waals surface area (Å²) in [6.45, 7) is 2.17. The molecule has 1 heterocycles. The van der Waals surface area contributed by atoms with Gasteiger partial charge in [0.2, 0.25) is 0 Å². The Hall–Kier alpha value is 0.0900. The Balaban J connectivity index is 2.60. The molecule has 0 aromatic carbocycles. The third-order valence-electron chi connectivity index (χ3n) is 1.72. The van der Waals surface area contributed by atoms with Gasteiger partial charge in [0, 0.05) is 15.4 Å². The van der Waals surface area contributed by atoms with Crippen molar-refractivity contribution in [2.75, 3.05) is 6.61 Å². The Morgan fingerprint density at radius 3 is 2.80 bits per heavy atom. The zero-order chi connectivity index (χ0) is 11.4. The van der Waals surface area contributed by atoms with Gasteiger partial charge in [0.25, 0.3) is 0 Å². The highest BCUT2D eigenvalue weighted by atomic mass is 79.9. The first-order chi connectivity index (χ1) is 7.04. The van der Waals surface area contributed by atoms with Crippen LogP contribution in [0.25, 0.3) is 0 Å². The van der Waals surface area contributed by atoms with Crippen LogP contribution < -0.4 is 5.73 Å². The average molecular weight is 357 g/mol. The van der Waals surface area contributed by atoms with E-state index in [9.17, 15) is 4.79 Å². The van der Waals surface area contributed by atoms with Crippen molar-refractivity contribution in [2.24, 2.45) is 5.73 Å². The third-order valence-corrected chi connectivity index (χ3v) is 5.11. The predicted molar refractivity (Wildman–Crippen MR) is 67.9 cm³/mol. The second-order valence-electron chi connectivity index (χ2n) is 2.89.